The lowest BCUT2D eigenvalue weighted by Crippen LogP contribution is -2.32. The first-order valence-electron chi connectivity index (χ1n) is 8.95. The van der Waals surface area contributed by atoms with Gasteiger partial charge in [-0.15, -0.1) is 0 Å². The van der Waals surface area contributed by atoms with Crippen molar-refractivity contribution in [2.75, 3.05) is 0 Å². The van der Waals surface area contributed by atoms with Gasteiger partial charge < -0.3 is 0 Å². The molecule has 0 saturated heterocycles. The summed E-state index contributed by atoms with van der Waals surface area (Å²) in [6.07, 6.45) is 16.6. The normalized spacial score (nSPS) is 11.8. The van der Waals surface area contributed by atoms with E-state index in [0.29, 0.717) is 5.78 Å². The molecule has 0 unspecified atom stereocenters. The summed E-state index contributed by atoms with van der Waals surface area (Å²) in [5, 5.41) is 0. The van der Waals surface area contributed by atoms with E-state index in [2.05, 4.69) is 34.1 Å². The molecule has 0 amide bonds. The van der Waals surface area contributed by atoms with Gasteiger partial charge >= 0.3 is 0 Å². The molecule has 0 aliphatic carbocycles. The third kappa shape index (κ3) is 7.45. The summed E-state index contributed by atoms with van der Waals surface area (Å²) >= 11 is 0. The number of rotatable bonds is 14. The Bertz CT molecular complexity index is 210. The summed E-state index contributed by atoms with van der Waals surface area (Å²) in [5.41, 5.74) is -0.0875. The lowest BCUT2D eigenvalue weighted by Gasteiger charge is -2.33. The smallest absolute Gasteiger partial charge is 0.147 e. The molecule has 0 atom stereocenters. The van der Waals surface area contributed by atoms with Gasteiger partial charge in [0.2, 0.25) is 0 Å². The highest BCUT2D eigenvalue weighted by Crippen LogP contribution is 2.38. The van der Waals surface area contributed by atoms with E-state index in [1.165, 1.54) is 38.5 Å². The molecule has 0 saturated carbocycles. The Morgan fingerprint density at radius 1 is 0.750 bits per heavy atom. The van der Waals surface area contributed by atoms with Crippen LogP contribution in [0.4, 0.5) is 0 Å². The van der Waals surface area contributed by atoms with Crippen molar-refractivity contribution in [3.8, 4) is 0 Å². The highest BCUT2D eigenvalue weighted by molar-refractivity contribution is 5.92. The zero-order valence-electron chi connectivity index (χ0n) is 14.4. The molecule has 0 aliphatic heterocycles. The molecule has 0 aromatic carbocycles. The molecule has 1 heteroatoms. The second kappa shape index (κ2) is 12.4. The largest absolute Gasteiger partial charge is 0.298 e. The fraction of sp³-hybridized carbons (Fsp3) is 0.895. The van der Waals surface area contributed by atoms with Crippen molar-refractivity contribution < 1.29 is 4.79 Å². The van der Waals surface area contributed by atoms with Crippen molar-refractivity contribution in [3.63, 3.8) is 0 Å². The van der Waals surface area contributed by atoms with Gasteiger partial charge in [-0.1, -0.05) is 79.1 Å². The molecule has 2 radical (unpaired) electrons. The molecule has 0 aromatic rings. The Labute approximate surface area is 127 Å². The van der Waals surface area contributed by atoms with Crippen LogP contribution in [0.3, 0.4) is 0 Å². The minimum absolute atomic E-state index is 0.0875. The van der Waals surface area contributed by atoms with Gasteiger partial charge in [-0.3, -0.25) is 4.79 Å². The van der Waals surface area contributed by atoms with Crippen LogP contribution in [0.1, 0.15) is 105 Å². The summed E-state index contributed by atoms with van der Waals surface area (Å²) in [4.78, 5) is 12.7. The fourth-order valence-electron chi connectivity index (χ4n) is 2.83. The van der Waals surface area contributed by atoms with Crippen molar-refractivity contribution >= 4 is 5.78 Å². The maximum Gasteiger partial charge on any atom is 0.147 e. The third-order valence-electron chi connectivity index (χ3n) is 4.32. The van der Waals surface area contributed by atoms with E-state index in [1.807, 2.05) is 0 Å². The molecule has 1 nitrogen and oxygen atoms in total. The van der Waals surface area contributed by atoms with Crippen LogP contribution in [0.25, 0.3) is 0 Å². The summed E-state index contributed by atoms with van der Waals surface area (Å²) in [7, 11) is 0. The lowest BCUT2D eigenvalue weighted by molar-refractivity contribution is -0.127. The Hall–Kier alpha value is -0.330. The average Bonchev–Trinajstić information content (AvgIpc) is 2.47. The van der Waals surface area contributed by atoms with Crippen molar-refractivity contribution in [1.82, 2.24) is 0 Å². The van der Waals surface area contributed by atoms with Gasteiger partial charge in [-0.25, -0.2) is 0 Å². The van der Waals surface area contributed by atoms with Crippen LogP contribution in [-0.2, 0) is 4.79 Å². The molecular formula is C19H36O. The van der Waals surface area contributed by atoms with E-state index in [0.717, 1.165) is 38.5 Å². The number of hydrogen-bond donors (Lipinski definition) is 0. The van der Waals surface area contributed by atoms with Crippen LogP contribution < -0.4 is 0 Å². The molecule has 0 aliphatic rings. The van der Waals surface area contributed by atoms with E-state index >= 15 is 0 Å². The van der Waals surface area contributed by atoms with Gasteiger partial charge in [-0.2, -0.15) is 0 Å². The molecule has 0 aromatic heterocycles. The van der Waals surface area contributed by atoms with Crippen molar-refractivity contribution in [2.24, 2.45) is 5.41 Å². The van der Waals surface area contributed by atoms with Gasteiger partial charge in [0.05, 0.1) is 6.42 Å². The topological polar surface area (TPSA) is 17.1 Å². The molecule has 0 bridgehead atoms. The molecule has 118 valence electrons. The SMILES string of the molecule is CCCC[C]C(=O)C(CCCC)(CCCC)CCCC. The lowest BCUT2D eigenvalue weighted by atomic mass is 9.70. The van der Waals surface area contributed by atoms with Crippen molar-refractivity contribution in [1.29, 1.82) is 0 Å². The second-order valence-corrected chi connectivity index (χ2v) is 6.20. The molecule has 0 heterocycles. The second-order valence-electron chi connectivity index (χ2n) is 6.20. The summed E-state index contributed by atoms with van der Waals surface area (Å²) in [5.74, 6) is 0.335. The Kier molecular flexibility index (Phi) is 12.2. The van der Waals surface area contributed by atoms with Gasteiger partial charge in [0.25, 0.3) is 0 Å². The molecule has 0 N–H and O–H groups in total. The number of Topliss-reactive ketones (excluding diaryl/α,β-unsaturated/α-hetero) is 1. The predicted molar refractivity (Wildman–Crippen MR) is 88.8 cm³/mol. The average molecular weight is 280 g/mol. The fourth-order valence-corrected chi connectivity index (χ4v) is 2.83. The minimum Gasteiger partial charge on any atom is -0.298 e. The molecule has 20 heavy (non-hydrogen) atoms. The molecule has 0 rings (SSSR count). The molecule has 0 spiro atoms. The summed E-state index contributed by atoms with van der Waals surface area (Å²) in [6.45, 7) is 8.84. The van der Waals surface area contributed by atoms with E-state index in [4.69, 9.17) is 0 Å². The summed E-state index contributed by atoms with van der Waals surface area (Å²) < 4.78 is 0. The van der Waals surface area contributed by atoms with E-state index in [9.17, 15) is 4.79 Å². The number of hydrogen-bond acceptors (Lipinski definition) is 1. The van der Waals surface area contributed by atoms with Crippen LogP contribution in [0.15, 0.2) is 0 Å². The zero-order valence-corrected chi connectivity index (χ0v) is 14.4. The van der Waals surface area contributed by atoms with Crippen LogP contribution in [0.2, 0.25) is 0 Å². The Balaban J connectivity index is 4.76. The van der Waals surface area contributed by atoms with Crippen LogP contribution in [0.5, 0.6) is 0 Å². The first-order valence-corrected chi connectivity index (χ1v) is 8.95. The first kappa shape index (κ1) is 19.7. The number of ketones is 1. The number of carbonyl (C=O) groups excluding carboxylic acids is 1. The van der Waals surface area contributed by atoms with Crippen LogP contribution in [-0.4, -0.2) is 5.78 Å². The predicted octanol–water partition coefficient (Wildman–Crippen LogP) is 6.38. The maximum absolute atomic E-state index is 12.7. The molecule has 0 fully saturated rings. The third-order valence-corrected chi connectivity index (χ3v) is 4.32. The van der Waals surface area contributed by atoms with Gasteiger partial charge in [0.15, 0.2) is 0 Å². The van der Waals surface area contributed by atoms with Crippen molar-refractivity contribution in [2.45, 2.75) is 105 Å². The monoisotopic (exact) mass is 280 g/mol. The quantitative estimate of drug-likeness (QED) is 0.337. The Morgan fingerprint density at radius 2 is 1.15 bits per heavy atom. The highest BCUT2D eigenvalue weighted by Gasteiger charge is 2.35. The first-order chi connectivity index (χ1) is 9.66. The summed E-state index contributed by atoms with van der Waals surface area (Å²) in [6, 6.07) is 0. The number of unbranched alkanes of at least 4 members (excludes halogenated alkanes) is 5. The van der Waals surface area contributed by atoms with Crippen LogP contribution in [0, 0.1) is 11.8 Å². The number of carbonyl (C=O) groups is 1. The van der Waals surface area contributed by atoms with E-state index in [1.54, 1.807) is 0 Å². The minimum atomic E-state index is -0.0875. The van der Waals surface area contributed by atoms with E-state index in [-0.39, 0.29) is 5.41 Å². The van der Waals surface area contributed by atoms with Crippen LogP contribution >= 0.6 is 0 Å². The van der Waals surface area contributed by atoms with Gasteiger partial charge in [0.1, 0.15) is 5.78 Å². The molecular weight excluding hydrogens is 244 g/mol. The van der Waals surface area contributed by atoms with Gasteiger partial charge in [-0.05, 0) is 25.7 Å². The van der Waals surface area contributed by atoms with Gasteiger partial charge in [0, 0.05) is 5.41 Å². The standard InChI is InChI=1S/C19H36O/c1-5-9-13-14-18(20)19(15-10-6-2,16-11-7-3)17-12-8-4/h5-13,15-17H2,1-4H3. The zero-order chi connectivity index (χ0) is 15.3. The van der Waals surface area contributed by atoms with Crippen molar-refractivity contribution in [3.05, 3.63) is 6.42 Å². The maximum atomic E-state index is 12.7. The van der Waals surface area contributed by atoms with E-state index < -0.39 is 0 Å². The Morgan fingerprint density at radius 3 is 1.50 bits per heavy atom. The highest BCUT2D eigenvalue weighted by atomic mass is 16.1.